The highest BCUT2D eigenvalue weighted by Crippen LogP contribution is 2.60. The van der Waals surface area contributed by atoms with E-state index in [1.165, 1.54) is 0 Å². The van der Waals surface area contributed by atoms with Gasteiger partial charge in [-0.1, -0.05) is 31.9 Å². The lowest BCUT2D eigenvalue weighted by molar-refractivity contribution is -0.145. The SMILES string of the molecule is Cc1cc(NC(=O)[C@H]2[C@@H]3C[C@H]4[C@H](OC(=O)[C@@H]42)[C@@H]3Br)cc(C)c1Br. The van der Waals surface area contributed by atoms with Gasteiger partial charge in [-0.3, -0.25) is 9.59 Å². The summed E-state index contributed by atoms with van der Waals surface area (Å²) in [7, 11) is 0. The number of amides is 1. The van der Waals surface area contributed by atoms with E-state index in [2.05, 4.69) is 37.2 Å². The zero-order chi connectivity index (χ0) is 16.5. The lowest BCUT2D eigenvalue weighted by Crippen LogP contribution is -2.40. The van der Waals surface area contributed by atoms with Gasteiger partial charge in [-0.2, -0.15) is 0 Å². The summed E-state index contributed by atoms with van der Waals surface area (Å²) in [5, 5.41) is 3.01. The standard InChI is InChI=1S/C17H17Br2NO3/c1-6-3-8(4-7(2)13(6)18)20-16(21)11-9-5-10-12(11)17(22)23-15(10)14(9)19/h3-4,9-12,14-15H,5H2,1-2H3,(H,20,21)/t9-,10+,11-,12-,14+,15-/m0/s1. The monoisotopic (exact) mass is 441 g/mol. The number of benzene rings is 1. The Labute approximate surface area is 151 Å². The first kappa shape index (κ1) is 15.6. The van der Waals surface area contributed by atoms with Crippen LogP contribution in [-0.4, -0.2) is 22.8 Å². The molecule has 6 atom stereocenters. The molecule has 4 rings (SSSR count). The first-order valence-electron chi connectivity index (χ1n) is 7.80. The lowest BCUT2D eigenvalue weighted by atomic mass is 9.79. The molecule has 1 aliphatic heterocycles. The first-order chi connectivity index (χ1) is 10.9. The summed E-state index contributed by atoms with van der Waals surface area (Å²) in [5.41, 5.74) is 2.93. The third-order valence-corrected chi connectivity index (χ3v) is 7.98. The summed E-state index contributed by atoms with van der Waals surface area (Å²) in [6, 6.07) is 3.90. The molecule has 0 spiro atoms. The van der Waals surface area contributed by atoms with Crippen LogP contribution in [0.1, 0.15) is 17.5 Å². The molecule has 23 heavy (non-hydrogen) atoms. The summed E-state index contributed by atoms with van der Waals surface area (Å²) in [4.78, 5) is 25.1. The van der Waals surface area contributed by atoms with Crippen LogP contribution in [0.4, 0.5) is 5.69 Å². The predicted molar refractivity (Wildman–Crippen MR) is 93.4 cm³/mol. The molecule has 0 radical (unpaired) electrons. The topological polar surface area (TPSA) is 55.4 Å². The number of hydrogen-bond donors (Lipinski definition) is 1. The molecule has 122 valence electrons. The zero-order valence-corrected chi connectivity index (χ0v) is 16.0. The van der Waals surface area contributed by atoms with E-state index < -0.39 is 0 Å². The summed E-state index contributed by atoms with van der Waals surface area (Å²) in [6.07, 6.45) is 0.853. The fourth-order valence-corrected chi connectivity index (χ4v) is 5.85. The van der Waals surface area contributed by atoms with E-state index in [1.54, 1.807) is 0 Å². The van der Waals surface area contributed by atoms with Crippen molar-refractivity contribution in [2.45, 2.75) is 31.2 Å². The highest BCUT2D eigenvalue weighted by atomic mass is 79.9. The maximum atomic E-state index is 12.8. The molecule has 3 fully saturated rings. The van der Waals surface area contributed by atoms with E-state index in [9.17, 15) is 9.59 Å². The van der Waals surface area contributed by atoms with Crippen molar-refractivity contribution in [3.63, 3.8) is 0 Å². The largest absolute Gasteiger partial charge is 0.461 e. The molecule has 1 aromatic rings. The molecule has 4 nitrogen and oxygen atoms in total. The summed E-state index contributed by atoms with van der Waals surface area (Å²) < 4.78 is 6.52. The molecule has 3 aliphatic rings. The van der Waals surface area contributed by atoms with Gasteiger partial charge >= 0.3 is 5.97 Å². The summed E-state index contributed by atoms with van der Waals surface area (Å²) in [5.74, 6) is -0.449. The van der Waals surface area contributed by atoms with Crippen molar-refractivity contribution < 1.29 is 14.3 Å². The second-order valence-corrected chi connectivity index (χ2v) is 8.72. The number of alkyl halides is 1. The van der Waals surface area contributed by atoms with E-state index >= 15 is 0 Å². The number of aryl methyl sites for hydroxylation is 2. The van der Waals surface area contributed by atoms with Crippen molar-refractivity contribution in [2.75, 3.05) is 5.32 Å². The van der Waals surface area contributed by atoms with Crippen LogP contribution in [0.5, 0.6) is 0 Å². The molecular formula is C17H17Br2NO3. The van der Waals surface area contributed by atoms with E-state index in [4.69, 9.17) is 4.74 Å². The van der Waals surface area contributed by atoms with Crippen molar-refractivity contribution in [3.05, 3.63) is 27.7 Å². The van der Waals surface area contributed by atoms with Gasteiger partial charge in [0.15, 0.2) is 0 Å². The molecule has 1 heterocycles. The Kier molecular flexibility index (Phi) is 3.61. The maximum absolute atomic E-state index is 12.8. The van der Waals surface area contributed by atoms with Crippen LogP contribution in [0.2, 0.25) is 0 Å². The van der Waals surface area contributed by atoms with E-state index in [0.29, 0.717) is 0 Å². The molecule has 6 heteroatoms. The van der Waals surface area contributed by atoms with Gasteiger partial charge in [0.05, 0.1) is 16.7 Å². The minimum absolute atomic E-state index is 0.0429. The van der Waals surface area contributed by atoms with Crippen molar-refractivity contribution in [1.82, 2.24) is 0 Å². The van der Waals surface area contributed by atoms with Crippen molar-refractivity contribution in [1.29, 1.82) is 0 Å². The van der Waals surface area contributed by atoms with E-state index in [-0.39, 0.29) is 46.5 Å². The Hall–Kier alpha value is -0.880. The van der Waals surface area contributed by atoms with E-state index in [1.807, 2.05) is 26.0 Å². The molecule has 2 bridgehead atoms. The van der Waals surface area contributed by atoms with Gasteiger partial charge in [-0.25, -0.2) is 0 Å². The highest BCUT2D eigenvalue weighted by Gasteiger charge is 2.67. The molecule has 1 amide bonds. The Morgan fingerprint density at radius 3 is 2.57 bits per heavy atom. The molecule has 0 unspecified atom stereocenters. The van der Waals surface area contributed by atoms with Gasteiger partial charge in [-0.15, -0.1) is 0 Å². The maximum Gasteiger partial charge on any atom is 0.310 e. The van der Waals surface area contributed by atoms with Gasteiger partial charge < -0.3 is 10.1 Å². The van der Waals surface area contributed by atoms with Crippen LogP contribution < -0.4 is 5.32 Å². The third kappa shape index (κ3) is 2.21. The third-order valence-electron chi connectivity index (χ3n) is 5.53. The number of hydrogen-bond acceptors (Lipinski definition) is 3. The van der Waals surface area contributed by atoms with Crippen LogP contribution in [0, 0.1) is 37.5 Å². The molecule has 1 aromatic carbocycles. The number of rotatable bonds is 2. The summed E-state index contributed by atoms with van der Waals surface area (Å²) >= 11 is 7.17. The Morgan fingerprint density at radius 1 is 1.26 bits per heavy atom. The molecule has 0 aromatic heterocycles. The number of ether oxygens (including phenoxy) is 1. The lowest BCUT2D eigenvalue weighted by Gasteiger charge is -2.27. The van der Waals surface area contributed by atoms with Crippen LogP contribution in [0.15, 0.2) is 16.6 Å². The van der Waals surface area contributed by atoms with Gasteiger partial charge in [0.1, 0.15) is 6.10 Å². The van der Waals surface area contributed by atoms with Crippen molar-refractivity contribution in [2.24, 2.45) is 23.7 Å². The van der Waals surface area contributed by atoms with Crippen molar-refractivity contribution >= 4 is 49.4 Å². The fourth-order valence-electron chi connectivity index (χ4n) is 4.57. The number of esters is 1. The quantitative estimate of drug-likeness (QED) is 0.562. The second-order valence-electron chi connectivity index (χ2n) is 6.87. The smallest absolute Gasteiger partial charge is 0.310 e. The van der Waals surface area contributed by atoms with Crippen LogP contribution in [0.25, 0.3) is 0 Å². The van der Waals surface area contributed by atoms with Gasteiger partial charge in [0, 0.05) is 16.1 Å². The Balaban J connectivity index is 1.60. The molecule has 2 aliphatic carbocycles. The number of carbonyl (C=O) groups is 2. The number of nitrogens with one attached hydrogen (secondary N) is 1. The van der Waals surface area contributed by atoms with Crippen LogP contribution in [0.3, 0.4) is 0 Å². The number of fused-ring (bicyclic) bond motifs is 1. The first-order valence-corrected chi connectivity index (χ1v) is 9.51. The van der Waals surface area contributed by atoms with Crippen LogP contribution in [-0.2, 0) is 14.3 Å². The van der Waals surface area contributed by atoms with Gasteiger partial charge in [0.25, 0.3) is 0 Å². The van der Waals surface area contributed by atoms with Crippen LogP contribution >= 0.6 is 31.9 Å². The Bertz CT molecular complexity index is 697. The minimum Gasteiger partial charge on any atom is -0.461 e. The van der Waals surface area contributed by atoms with Crippen molar-refractivity contribution in [3.8, 4) is 0 Å². The number of carbonyl (C=O) groups excluding carboxylic acids is 2. The highest BCUT2D eigenvalue weighted by molar-refractivity contribution is 9.10. The zero-order valence-electron chi connectivity index (χ0n) is 12.8. The minimum atomic E-state index is -0.292. The fraction of sp³-hybridized carbons (Fsp3) is 0.529. The number of anilines is 1. The second kappa shape index (κ2) is 5.31. The normalized spacial score (nSPS) is 37.1. The Morgan fingerprint density at radius 2 is 1.91 bits per heavy atom. The number of halogens is 2. The molecule has 1 N–H and O–H groups in total. The average molecular weight is 443 g/mol. The predicted octanol–water partition coefficient (Wildman–Crippen LogP) is 3.58. The van der Waals surface area contributed by atoms with Gasteiger partial charge in [-0.05, 0) is 49.4 Å². The van der Waals surface area contributed by atoms with E-state index in [0.717, 1.165) is 27.7 Å². The summed E-state index contributed by atoms with van der Waals surface area (Å²) in [6.45, 7) is 4.00. The molecule has 1 saturated heterocycles. The van der Waals surface area contributed by atoms with Gasteiger partial charge in [0.2, 0.25) is 5.91 Å². The average Bonchev–Trinajstić information content (AvgIpc) is 3.08. The molecular weight excluding hydrogens is 426 g/mol. The molecule has 2 saturated carbocycles.